The summed E-state index contributed by atoms with van der Waals surface area (Å²) < 4.78 is 0. The Morgan fingerprint density at radius 1 is 0.739 bits per heavy atom. The zero-order valence-electron chi connectivity index (χ0n) is 14.7. The standard InChI is InChI=1S/C22H31N/c1-3-16-22(23,17-4-2)18-15-21(19-11-7-5-8-12-19)20-13-9-6-10-14-20/h5-14,21H,3-4,15-18,23H2,1-2H3. The topological polar surface area (TPSA) is 26.0 Å². The molecular formula is C22H31N. The van der Waals surface area contributed by atoms with Gasteiger partial charge >= 0.3 is 0 Å². The third-order valence-corrected chi connectivity index (χ3v) is 4.83. The smallest absolute Gasteiger partial charge is 0.0154 e. The van der Waals surface area contributed by atoms with E-state index in [4.69, 9.17) is 5.73 Å². The van der Waals surface area contributed by atoms with E-state index >= 15 is 0 Å². The normalized spacial score (nSPS) is 11.8. The highest BCUT2D eigenvalue weighted by molar-refractivity contribution is 5.32. The Labute approximate surface area is 141 Å². The Hall–Kier alpha value is -1.60. The second kappa shape index (κ2) is 8.88. The first kappa shape index (κ1) is 17.7. The molecule has 0 saturated carbocycles. The predicted molar refractivity (Wildman–Crippen MR) is 101 cm³/mol. The maximum atomic E-state index is 6.72. The molecule has 0 bridgehead atoms. The summed E-state index contributed by atoms with van der Waals surface area (Å²) in [6.45, 7) is 4.48. The molecule has 2 aromatic rings. The fourth-order valence-corrected chi connectivity index (χ4v) is 3.70. The maximum absolute atomic E-state index is 6.72. The van der Waals surface area contributed by atoms with Gasteiger partial charge in [-0.1, -0.05) is 87.4 Å². The van der Waals surface area contributed by atoms with Crippen LogP contribution in [0.15, 0.2) is 60.7 Å². The van der Waals surface area contributed by atoms with Crippen LogP contribution in [0.1, 0.15) is 69.4 Å². The zero-order valence-corrected chi connectivity index (χ0v) is 14.7. The highest BCUT2D eigenvalue weighted by Crippen LogP contribution is 2.33. The summed E-state index contributed by atoms with van der Waals surface area (Å²) >= 11 is 0. The van der Waals surface area contributed by atoms with Crippen molar-refractivity contribution >= 4 is 0 Å². The fraction of sp³-hybridized carbons (Fsp3) is 0.455. The van der Waals surface area contributed by atoms with Gasteiger partial charge in [-0.05, 0) is 36.8 Å². The van der Waals surface area contributed by atoms with E-state index in [1.165, 1.54) is 11.1 Å². The molecule has 1 nitrogen and oxygen atoms in total. The molecule has 2 N–H and O–H groups in total. The van der Waals surface area contributed by atoms with Gasteiger partial charge in [0.2, 0.25) is 0 Å². The van der Waals surface area contributed by atoms with Gasteiger partial charge in [0.15, 0.2) is 0 Å². The lowest BCUT2D eigenvalue weighted by molar-refractivity contribution is 0.320. The Bertz CT molecular complexity index is 501. The van der Waals surface area contributed by atoms with E-state index in [1.54, 1.807) is 0 Å². The van der Waals surface area contributed by atoms with Gasteiger partial charge in [0.05, 0.1) is 0 Å². The van der Waals surface area contributed by atoms with E-state index in [1.807, 2.05) is 0 Å². The van der Waals surface area contributed by atoms with Gasteiger partial charge < -0.3 is 5.73 Å². The van der Waals surface area contributed by atoms with Crippen LogP contribution in [0.3, 0.4) is 0 Å². The highest BCUT2D eigenvalue weighted by atomic mass is 14.7. The third-order valence-electron chi connectivity index (χ3n) is 4.83. The molecular weight excluding hydrogens is 278 g/mol. The van der Waals surface area contributed by atoms with Crippen LogP contribution in [0.25, 0.3) is 0 Å². The van der Waals surface area contributed by atoms with E-state index in [9.17, 15) is 0 Å². The van der Waals surface area contributed by atoms with Crippen molar-refractivity contribution in [1.29, 1.82) is 0 Å². The van der Waals surface area contributed by atoms with E-state index in [0.29, 0.717) is 5.92 Å². The first-order valence-electron chi connectivity index (χ1n) is 9.07. The van der Waals surface area contributed by atoms with Crippen LogP contribution in [0, 0.1) is 0 Å². The van der Waals surface area contributed by atoms with Gasteiger partial charge in [-0.25, -0.2) is 0 Å². The summed E-state index contributed by atoms with van der Waals surface area (Å²) in [6, 6.07) is 21.7. The first-order valence-corrected chi connectivity index (χ1v) is 9.07. The monoisotopic (exact) mass is 309 g/mol. The number of nitrogens with two attached hydrogens (primary N) is 1. The molecule has 0 spiro atoms. The Morgan fingerprint density at radius 3 is 1.57 bits per heavy atom. The first-order chi connectivity index (χ1) is 11.2. The molecule has 23 heavy (non-hydrogen) atoms. The van der Waals surface area contributed by atoms with Gasteiger partial charge in [0.1, 0.15) is 0 Å². The average molecular weight is 309 g/mol. The lowest BCUT2D eigenvalue weighted by Crippen LogP contribution is -2.39. The van der Waals surface area contributed by atoms with Gasteiger partial charge in [-0.15, -0.1) is 0 Å². The average Bonchev–Trinajstić information content (AvgIpc) is 2.57. The van der Waals surface area contributed by atoms with Crippen molar-refractivity contribution in [3.63, 3.8) is 0 Å². The van der Waals surface area contributed by atoms with Crippen molar-refractivity contribution < 1.29 is 0 Å². The second-order valence-corrected chi connectivity index (χ2v) is 6.78. The molecule has 2 aromatic carbocycles. The van der Waals surface area contributed by atoms with Gasteiger partial charge in [0.25, 0.3) is 0 Å². The lowest BCUT2D eigenvalue weighted by Gasteiger charge is -2.31. The minimum absolute atomic E-state index is 0.00862. The molecule has 0 aliphatic heterocycles. The summed E-state index contributed by atoms with van der Waals surface area (Å²) in [4.78, 5) is 0. The Balaban J connectivity index is 2.18. The molecule has 0 aliphatic carbocycles. The Morgan fingerprint density at radius 2 is 1.17 bits per heavy atom. The van der Waals surface area contributed by atoms with Gasteiger partial charge in [0, 0.05) is 11.5 Å². The second-order valence-electron chi connectivity index (χ2n) is 6.78. The molecule has 0 fully saturated rings. The summed E-state index contributed by atoms with van der Waals surface area (Å²) in [5.74, 6) is 0.439. The third kappa shape index (κ3) is 5.21. The molecule has 124 valence electrons. The van der Waals surface area contributed by atoms with E-state index in [-0.39, 0.29) is 5.54 Å². The van der Waals surface area contributed by atoms with Gasteiger partial charge in [-0.3, -0.25) is 0 Å². The number of hydrogen-bond acceptors (Lipinski definition) is 1. The van der Waals surface area contributed by atoms with Crippen LogP contribution in [0.5, 0.6) is 0 Å². The van der Waals surface area contributed by atoms with Gasteiger partial charge in [-0.2, -0.15) is 0 Å². The molecule has 0 amide bonds. The maximum Gasteiger partial charge on any atom is 0.0154 e. The zero-order chi connectivity index (χ0) is 16.5. The largest absolute Gasteiger partial charge is 0.325 e. The molecule has 0 radical (unpaired) electrons. The van der Waals surface area contributed by atoms with Crippen LogP contribution in [0.2, 0.25) is 0 Å². The quantitative estimate of drug-likeness (QED) is 0.613. The number of rotatable bonds is 9. The Kier molecular flexibility index (Phi) is 6.85. The summed E-state index contributed by atoms with van der Waals surface area (Å²) in [5.41, 5.74) is 9.51. The van der Waals surface area contributed by atoms with Crippen molar-refractivity contribution in [2.45, 2.75) is 63.8 Å². The van der Waals surface area contributed by atoms with E-state index in [0.717, 1.165) is 38.5 Å². The number of hydrogen-bond donors (Lipinski definition) is 1. The molecule has 0 unspecified atom stereocenters. The molecule has 0 heterocycles. The summed E-state index contributed by atoms with van der Waals surface area (Å²) in [5, 5.41) is 0. The lowest BCUT2D eigenvalue weighted by atomic mass is 9.79. The minimum atomic E-state index is -0.00862. The predicted octanol–water partition coefficient (Wildman–Crippen LogP) is 5.90. The van der Waals surface area contributed by atoms with Crippen molar-refractivity contribution in [1.82, 2.24) is 0 Å². The van der Waals surface area contributed by atoms with E-state index in [2.05, 4.69) is 74.5 Å². The molecule has 0 saturated heterocycles. The van der Waals surface area contributed by atoms with Crippen LogP contribution >= 0.6 is 0 Å². The molecule has 0 atom stereocenters. The van der Waals surface area contributed by atoms with E-state index < -0.39 is 0 Å². The molecule has 0 aromatic heterocycles. The van der Waals surface area contributed by atoms with Crippen LogP contribution in [-0.4, -0.2) is 5.54 Å². The highest BCUT2D eigenvalue weighted by Gasteiger charge is 2.25. The summed E-state index contributed by atoms with van der Waals surface area (Å²) in [7, 11) is 0. The van der Waals surface area contributed by atoms with Crippen molar-refractivity contribution in [2.75, 3.05) is 0 Å². The number of benzene rings is 2. The molecule has 1 heteroatoms. The minimum Gasteiger partial charge on any atom is -0.325 e. The SMILES string of the molecule is CCCC(N)(CCC)CCC(c1ccccc1)c1ccccc1. The van der Waals surface area contributed by atoms with Crippen LogP contribution < -0.4 is 5.73 Å². The van der Waals surface area contributed by atoms with Crippen molar-refractivity contribution in [2.24, 2.45) is 5.73 Å². The fourth-order valence-electron chi connectivity index (χ4n) is 3.70. The van der Waals surface area contributed by atoms with Crippen LogP contribution in [-0.2, 0) is 0 Å². The van der Waals surface area contributed by atoms with Crippen molar-refractivity contribution in [3.8, 4) is 0 Å². The summed E-state index contributed by atoms with van der Waals surface area (Å²) in [6.07, 6.45) is 6.78. The molecule has 0 aliphatic rings. The van der Waals surface area contributed by atoms with Crippen molar-refractivity contribution in [3.05, 3.63) is 71.8 Å². The molecule has 2 rings (SSSR count). The van der Waals surface area contributed by atoms with Crippen LogP contribution in [0.4, 0.5) is 0 Å².